The lowest BCUT2D eigenvalue weighted by molar-refractivity contribution is -0.185. The molecule has 0 aliphatic carbocycles. The highest BCUT2D eigenvalue weighted by atomic mass is 35.5. The van der Waals surface area contributed by atoms with Crippen LogP contribution in [0.2, 0.25) is 6.04 Å². The second kappa shape index (κ2) is 16.0. The van der Waals surface area contributed by atoms with Crippen LogP contribution in [0.3, 0.4) is 0 Å². The smallest absolute Gasteiger partial charge is 0.349 e. The van der Waals surface area contributed by atoms with Crippen molar-refractivity contribution in [3.05, 3.63) is 108 Å². The van der Waals surface area contributed by atoms with Gasteiger partial charge >= 0.3 is 8.80 Å². The van der Waals surface area contributed by atoms with Crippen LogP contribution in [0.25, 0.3) is 0 Å². The van der Waals surface area contributed by atoms with Crippen LogP contribution < -0.4 is 0 Å². The van der Waals surface area contributed by atoms with Crippen molar-refractivity contribution in [2.75, 3.05) is 5.88 Å². The Bertz CT molecular complexity index is 870. The van der Waals surface area contributed by atoms with Crippen LogP contribution in [-0.4, -0.2) is 33.6 Å². The number of hydrogen-bond acceptors (Lipinski definition) is 6. The van der Waals surface area contributed by atoms with Crippen molar-refractivity contribution in [3.8, 4) is 0 Å². The molecule has 0 saturated heterocycles. The third kappa shape index (κ3) is 11.1. The molecule has 0 aliphatic heterocycles. The molecule has 0 saturated carbocycles. The predicted octanol–water partition coefficient (Wildman–Crippen LogP) is 6.90. The number of hydrogen-bond donors (Lipinski definition) is 0. The Hall–Kier alpha value is -2.07. The molecule has 0 heterocycles. The van der Waals surface area contributed by atoms with Crippen LogP contribution >= 0.6 is 11.6 Å². The van der Waals surface area contributed by atoms with E-state index in [2.05, 4.69) is 0 Å². The van der Waals surface area contributed by atoms with Crippen LogP contribution in [0, 0.1) is 0 Å². The SMILES string of the molecule is CC(OCc1ccccc1)O[Si](CCCl)(OC(C)OCc1ccccc1)OC(C)OCc1ccccc1. The van der Waals surface area contributed by atoms with E-state index in [1.165, 1.54) is 0 Å². The van der Waals surface area contributed by atoms with Gasteiger partial charge in [-0.2, -0.15) is 0 Å². The van der Waals surface area contributed by atoms with E-state index in [0.29, 0.717) is 25.9 Å². The predicted molar refractivity (Wildman–Crippen MR) is 147 cm³/mol. The fraction of sp³-hybridized carbons (Fsp3) is 0.379. The molecule has 0 aromatic heterocycles. The van der Waals surface area contributed by atoms with Gasteiger partial charge in [0.2, 0.25) is 0 Å². The maximum absolute atomic E-state index is 6.37. The fourth-order valence-electron chi connectivity index (χ4n) is 3.60. The summed E-state index contributed by atoms with van der Waals surface area (Å²) in [5.41, 5.74) is 3.13. The maximum atomic E-state index is 6.37. The summed E-state index contributed by atoms with van der Waals surface area (Å²) >= 11 is 6.23. The molecule has 3 unspecified atom stereocenters. The molecule has 0 bridgehead atoms. The minimum Gasteiger partial charge on any atom is -0.349 e. The highest BCUT2D eigenvalue weighted by molar-refractivity contribution is 6.61. The Balaban J connectivity index is 1.67. The van der Waals surface area contributed by atoms with Crippen LogP contribution in [0.5, 0.6) is 0 Å². The second-order valence-electron chi connectivity index (χ2n) is 8.57. The van der Waals surface area contributed by atoms with E-state index < -0.39 is 27.7 Å². The van der Waals surface area contributed by atoms with E-state index in [0.717, 1.165) is 16.7 Å². The zero-order chi connectivity index (χ0) is 26.3. The topological polar surface area (TPSA) is 55.4 Å². The van der Waals surface area contributed by atoms with Crippen LogP contribution in [0.1, 0.15) is 37.5 Å². The van der Waals surface area contributed by atoms with E-state index in [4.69, 9.17) is 39.1 Å². The molecule has 6 nitrogen and oxygen atoms in total. The Morgan fingerprint density at radius 1 is 0.541 bits per heavy atom. The van der Waals surface area contributed by atoms with E-state index in [-0.39, 0.29) is 5.88 Å². The molecule has 37 heavy (non-hydrogen) atoms. The monoisotopic (exact) mass is 544 g/mol. The number of rotatable bonds is 17. The molecule has 3 atom stereocenters. The van der Waals surface area contributed by atoms with Crippen LogP contribution in [-0.2, 0) is 47.3 Å². The molecule has 3 rings (SSSR count). The summed E-state index contributed by atoms with van der Waals surface area (Å²) in [5, 5.41) is 0. The van der Waals surface area contributed by atoms with Crippen LogP contribution in [0.15, 0.2) is 91.0 Å². The molecular formula is C29H37ClO6Si. The van der Waals surface area contributed by atoms with E-state index in [1.54, 1.807) is 0 Å². The van der Waals surface area contributed by atoms with Gasteiger partial charge in [-0.1, -0.05) is 91.0 Å². The molecule has 8 heteroatoms. The van der Waals surface area contributed by atoms with Gasteiger partial charge in [0.15, 0.2) is 0 Å². The normalized spacial score (nSPS) is 15.6. The molecule has 0 amide bonds. The van der Waals surface area contributed by atoms with Crippen molar-refractivity contribution in [2.45, 2.75) is 65.5 Å². The van der Waals surface area contributed by atoms with Gasteiger partial charge in [0.1, 0.15) is 18.9 Å². The first-order chi connectivity index (χ1) is 18.0. The third-order valence-electron chi connectivity index (χ3n) is 5.42. The lowest BCUT2D eigenvalue weighted by Crippen LogP contribution is -2.53. The fourth-order valence-corrected chi connectivity index (χ4v) is 6.77. The van der Waals surface area contributed by atoms with E-state index in [1.807, 2.05) is 112 Å². The van der Waals surface area contributed by atoms with Gasteiger partial charge in [0.05, 0.1) is 19.8 Å². The molecule has 0 N–H and O–H groups in total. The average molecular weight is 545 g/mol. The van der Waals surface area contributed by atoms with Crippen molar-refractivity contribution in [2.24, 2.45) is 0 Å². The van der Waals surface area contributed by atoms with Gasteiger partial charge in [-0.3, -0.25) is 0 Å². The summed E-state index contributed by atoms with van der Waals surface area (Å²) in [4.78, 5) is 0. The van der Waals surface area contributed by atoms with E-state index in [9.17, 15) is 0 Å². The molecule has 3 aromatic carbocycles. The number of benzene rings is 3. The van der Waals surface area contributed by atoms with Crippen molar-refractivity contribution in [1.29, 1.82) is 0 Å². The van der Waals surface area contributed by atoms with Gasteiger partial charge in [-0.15, -0.1) is 11.6 Å². The van der Waals surface area contributed by atoms with Crippen molar-refractivity contribution < 1.29 is 27.5 Å². The summed E-state index contributed by atoms with van der Waals surface area (Å²) in [7, 11) is -3.41. The highest BCUT2D eigenvalue weighted by Gasteiger charge is 2.46. The first-order valence-electron chi connectivity index (χ1n) is 12.5. The van der Waals surface area contributed by atoms with Crippen molar-refractivity contribution >= 4 is 20.4 Å². The van der Waals surface area contributed by atoms with Crippen LogP contribution in [0.4, 0.5) is 0 Å². The standard InChI is InChI=1S/C29H37ClO6Si/c1-24(31-21-27-13-7-4-8-14-27)34-37(20-19-30,35-25(2)32-22-28-15-9-5-10-16-28)36-26(3)33-23-29-17-11-6-12-18-29/h4-18,24-26H,19-23H2,1-3H3. The summed E-state index contributed by atoms with van der Waals surface area (Å²) in [6.07, 6.45) is -1.80. The molecule has 0 fully saturated rings. The Morgan fingerprint density at radius 3 is 1.11 bits per heavy atom. The van der Waals surface area contributed by atoms with Gasteiger partial charge in [0, 0.05) is 11.9 Å². The Morgan fingerprint density at radius 2 is 0.838 bits per heavy atom. The van der Waals surface area contributed by atoms with Gasteiger partial charge in [-0.05, 0) is 37.5 Å². The zero-order valence-corrected chi connectivity index (χ0v) is 23.5. The number of ether oxygens (including phenoxy) is 3. The lowest BCUT2D eigenvalue weighted by atomic mass is 10.2. The first-order valence-corrected chi connectivity index (χ1v) is 15.0. The summed E-state index contributed by atoms with van der Waals surface area (Å²) in [5.74, 6) is 0.286. The molecule has 0 radical (unpaired) electrons. The Labute approximate surface area is 226 Å². The van der Waals surface area contributed by atoms with Gasteiger partial charge < -0.3 is 27.5 Å². The minimum atomic E-state index is -3.41. The largest absolute Gasteiger partial charge is 0.508 e. The molecule has 0 aliphatic rings. The molecule has 0 spiro atoms. The van der Waals surface area contributed by atoms with Gasteiger partial charge in [0.25, 0.3) is 0 Å². The van der Waals surface area contributed by atoms with Crippen molar-refractivity contribution in [3.63, 3.8) is 0 Å². The summed E-state index contributed by atoms with van der Waals surface area (Å²) < 4.78 is 37.1. The number of alkyl halides is 1. The zero-order valence-electron chi connectivity index (χ0n) is 21.8. The first kappa shape index (κ1) is 29.5. The van der Waals surface area contributed by atoms with E-state index >= 15 is 0 Å². The second-order valence-corrected chi connectivity index (χ2v) is 11.5. The molecule has 200 valence electrons. The molecule has 3 aromatic rings. The van der Waals surface area contributed by atoms with Gasteiger partial charge in [-0.25, -0.2) is 0 Å². The summed E-state index contributed by atoms with van der Waals surface area (Å²) in [6.45, 7) is 6.68. The minimum absolute atomic E-state index is 0.286. The average Bonchev–Trinajstić information content (AvgIpc) is 2.91. The third-order valence-corrected chi connectivity index (χ3v) is 8.86. The lowest BCUT2D eigenvalue weighted by Gasteiger charge is -2.35. The Kier molecular flexibility index (Phi) is 12.8. The highest BCUT2D eigenvalue weighted by Crippen LogP contribution is 2.25. The number of halogens is 1. The quantitative estimate of drug-likeness (QED) is 0.105. The molecular weight excluding hydrogens is 508 g/mol. The van der Waals surface area contributed by atoms with Crippen molar-refractivity contribution in [1.82, 2.24) is 0 Å². The maximum Gasteiger partial charge on any atom is 0.508 e. The summed E-state index contributed by atoms with van der Waals surface area (Å²) in [6, 6.07) is 30.1.